The highest BCUT2D eigenvalue weighted by Crippen LogP contribution is 2.38. The first-order valence-corrected chi connectivity index (χ1v) is 27.1. The number of aldehydes is 2. The maximum Gasteiger partial charge on any atom is 0.152 e. The standard InChI is InChI=1S/C66H90N4O2/c1-17-23-28-59-47(11)55-39-51(30-33-61(55)69(59)21-5)64(68-42-49-37-48(41-65(12,13)14)29-32-53(38-49)66(15,16)20-4)58(44-72)57(43-71)63(67-35-25-24-27-50(46(9)10)36-45(7)8)52-31-34-62-56(40-52)54(19-3)60(26-18-2)70(62)22-6/h17-18,23,26-27,29-31,33-34,36-40,43-44,46,67-68H,19-22,24-25,28,32,35,41-42H2,1-16H3/b23-17-,26-18-,50-27+,63-57-,64-58-. The summed E-state index contributed by atoms with van der Waals surface area (Å²) in [4.78, 5) is 28.4. The van der Waals surface area contributed by atoms with E-state index in [1.807, 2.05) is 0 Å². The number of carbonyl (C=O) groups is 2. The summed E-state index contributed by atoms with van der Waals surface area (Å²) in [6, 6.07) is 13.1. The zero-order valence-corrected chi connectivity index (χ0v) is 47.4. The topological polar surface area (TPSA) is 68.1 Å². The molecule has 2 heterocycles. The van der Waals surface area contributed by atoms with E-state index in [1.165, 1.54) is 44.8 Å². The third kappa shape index (κ3) is 13.6. The van der Waals surface area contributed by atoms with Crippen LogP contribution in [-0.4, -0.2) is 34.8 Å². The number of unbranched alkanes of at least 4 members (excludes halogenated alkanes) is 1. The third-order valence-electron chi connectivity index (χ3n) is 14.6. The van der Waals surface area contributed by atoms with Gasteiger partial charge >= 0.3 is 0 Å². The number of rotatable bonds is 24. The van der Waals surface area contributed by atoms with E-state index in [4.69, 9.17) is 0 Å². The third-order valence-corrected chi connectivity index (χ3v) is 14.6. The van der Waals surface area contributed by atoms with E-state index in [0.29, 0.717) is 41.5 Å². The van der Waals surface area contributed by atoms with Crippen molar-refractivity contribution in [3.8, 4) is 0 Å². The molecule has 6 heteroatoms. The fraction of sp³-hybridized carbons (Fsp3) is 0.455. The Kier molecular flexibility index (Phi) is 20.3. The van der Waals surface area contributed by atoms with Gasteiger partial charge in [0, 0.05) is 65.8 Å². The van der Waals surface area contributed by atoms with Gasteiger partial charge in [0.15, 0.2) is 12.6 Å². The van der Waals surface area contributed by atoms with Gasteiger partial charge in [0.05, 0.1) is 22.5 Å². The Morgan fingerprint density at radius 1 is 0.792 bits per heavy atom. The first kappa shape index (κ1) is 57.0. The second kappa shape index (κ2) is 25.7. The average Bonchev–Trinajstić information content (AvgIpc) is 3.69. The number of hydrogen-bond acceptors (Lipinski definition) is 4. The van der Waals surface area contributed by atoms with E-state index in [2.05, 4.69) is 222 Å². The summed E-state index contributed by atoms with van der Waals surface area (Å²) >= 11 is 0. The molecule has 386 valence electrons. The highest BCUT2D eigenvalue weighted by atomic mass is 16.1. The zero-order chi connectivity index (χ0) is 52.9. The van der Waals surface area contributed by atoms with Crippen LogP contribution in [0, 0.1) is 23.7 Å². The molecule has 6 nitrogen and oxygen atoms in total. The largest absolute Gasteiger partial charge is 0.384 e. The van der Waals surface area contributed by atoms with Gasteiger partial charge < -0.3 is 19.8 Å². The Bertz CT molecular complexity index is 2870. The first-order valence-electron chi connectivity index (χ1n) is 27.1. The van der Waals surface area contributed by atoms with Crippen molar-refractivity contribution in [3.63, 3.8) is 0 Å². The van der Waals surface area contributed by atoms with Crippen LogP contribution in [0.1, 0.15) is 170 Å². The van der Waals surface area contributed by atoms with Gasteiger partial charge in [-0.3, -0.25) is 9.59 Å². The highest BCUT2D eigenvalue weighted by Gasteiger charge is 2.25. The van der Waals surface area contributed by atoms with Crippen molar-refractivity contribution in [1.82, 2.24) is 19.8 Å². The fourth-order valence-corrected chi connectivity index (χ4v) is 10.4. The SMILES string of the molecule is C/C=C\Cc1c(C)c2cc(/C(NCC3=CC(CC(C)(C)C)=CCC(C(C)(C)CC)=C3)=C(C=O)/C(C=O)=C(\NCCC/C=C(\C=C(C)C)C(C)C)c3ccc4c(c3)c(CC)c(/C=C\C)n4CC)ccc2n1CC. The Morgan fingerprint density at radius 2 is 1.42 bits per heavy atom. The Morgan fingerprint density at radius 3 is 1.96 bits per heavy atom. The summed E-state index contributed by atoms with van der Waals surface area (Å²) in [5.74, 6) is 0.414. The van der Waals surface area contributed by atoms with Crippen molar-refractivity contribution in [2.45, 2.75) is 169 Å². The number of aryl methyl sites for hydroxylation is 4. The van der Waals surface area contributed by atoms with Crippen molar-refractivity contribution in [1.29, 1.82) is 0 Å². The molecule has 0 spiro atoms. The Hall–Kier alpha value is -5.88. The number of aromatic nitrogens is 2. The molecule has 0 aliphatic heterocycles. The van der Waals surface area contributed by atoms with Gasteiger partial charge in [-0.15, -0.1) is 0 Å². The lowest BCUT2D eigenvalue weighted by molar-refractivity contribution is -0.107. The predicted octanol–water partition coefficient (Wildman–Crippen LogP) is 16.7. The maximum absolute atomic E-state index is 14.2. The summed E-state index contributed by atoms with van der Waals surface area (Å²) in [5.41, 5.74) is 17.6. The minimum atomic E-state index is 0.00922. The van der Waals surface area contributed by atoms with Crippen molar-refractivity contribution in [2.75, 3.05) is 13.1 Å². The van der Waals surface area contributed by atoms with Gasteiger partial charge in [-0.1, -0.05) is 140 Å². The van der Waals surface area contributed by atoms with Crippen LogP contribution in [0.15, 0.2) is 124 Å². The van der Waals surface area contributed by atoms with E-state index in [1.54, 1.807) is 0 Å². The smallest absolute Gasteiger partial charge is 0.152 e. The monoisotopic (exact) mass is 971 g/mol. The highest BCUT2D eigenvalue weighted by molar-refractivity contribution is 6.08. The van der Waals surface area contributed by atoms with Crippen LogP contribution in [0.5, 0.6) is 0 Å². The van der Waals surface area contributed by atoms with Crippen molar-refractivity contribution in [2.24, 2.45) is 16.7 Å². The molecule has 0 fully saturated rings. The summed E-state index contributed by atoms with van der Waals surface area (Å²) < 4.78 is 4.78. The van der Waals surface area contributed by atoms with Crippen LogP contribution >= 0.6 is 0 Å². The van der Waals surface area contributed by atoms with Gasteiger partial charge in [0.25, 0.3) is 0 Å². The van der Waals surface area contributed by atoms with E-state index in [9.17, 15) is 9.59 Å². The molecule has 0 unspecified atom stereocenters. The fourth-order valence-electron chi connectivity index (χ4n) is 10.4. The molecule has 5 rings (SSSR count). The molecule has 4 aromatic rings. The summed E-state index contributed by atoms with van der Waals surface area (Å²) in [7, 11) is 0. The lowest BCUT2D eigenvalue weighted by Gasteiger charge is -2.26. The van der Waals surface area contributed by atoms with Gasteiger partial charge in [0.1, 0.15) is 0 Å². The number of benzene rings is 2. The predicted molar refractivity (Wildman–Crippen MR) is 313 cm³/mol. The second-order valence-electron chi connectivity index (χ2n) is 22.2. The molecule has 1 aliphatic rings. The Balaban J connectivity index is 1.84. The molecule has 0 radical (unpaired) electrons. The molecule has 72 heavy (non-hydrogen) atoms. The van der Waals surface area contributed by atoms with E-state index in [-0.39, 0.29) is 10.8 Å². The van der Waals surface area contributed by atoms with Crippen LogP contribution in [0.3, 0.4) is 0 Å². The quantitative estimate of drug-likeness (QED) is 0.0241. The van der Waals surface area contributed by atoms with E-state index < -0.39 is 0 Å². The number of nitrogens with zero attached hydrogens (tertiary/aromatic N) is 2. The lowest BCUT2D eigenvalue weighted by atomic mass is 9.79. The maximum atomic E-state index is 14.2. The van der Waals surface area contributed by atoms with Crippen LogP contribution in [-0.2, 0) is 35.5 Å². The minimum Gasteiger partial charge on any atom is -0.384 e. The van der Waals surface area contributed by atoms with Gasteiger partial charge in [-0.2, -0.15) is 0 Å². The second-order valence-corrected chi connectivity index (χ2v) is 22.2. The summed E-state index contributed by atoms with van der Waals surface area (Å²) in [6.45, 7) is 38.3. The first-order chi connectivity index (χ1) is 34.3. The molecule has 0 amide bonds. The number of allylic oxidation sites excluding steroid dienone is 13. The summed E-state index contributed by atoms with van der Waals surface area (Å²) in [5, 5.41) is 9.95. The van der Waals surface area contributed by atoms with Crippen LogP contribution in [0.2, 0.25) is 0 Å². The number of nitrogens with one attached hydrogen (secondary N) is 2. The number of hydrogen-bond donors (Lipinski definition) is 2. The molecule has 2 aromatic heterocycles. The average molecular weight is 971 g/mol. The van der Waals surface area contributed by atoms with Gasteiger partial charge in [0.2, 0.25) is 0 Å². The minimum absolute atomic E-state index is 0.00922. The molecular formula is C66H90N4O2. The molecule has 0 atom stereocenters. The van der Waals surface area contributed by atoms with Crippen LogP contribution in [0.25, 0.3) is 39.3 Å². The summed E-state index contributed by atoms with van der Waals surface area (Å²) in [6.07, 6.45) is 28.5. The molecule has 2 N–H and O–H groups in total. The number of carbonyl (C=O) groups excluding carboxylic acids is 2. The van der Waals surface area contributed by atoms with E-state index >= 15 is 0 Å². The zero-order valence-electron chi connectivity index (χ0n) is 47.4. The van der Waals surface area contributed by atoms with Crippen molar-refractivity contribution < 1.29 is 9.59 Å². The molecule has 0 saturated heterocycles. The molecular weight excluding hydrogens is 881 g/mol. The molecule has 0 bridgehead atoms. The van der Waals surface area contributed by atoms with Crippen LogP contribution in [0.4, 0.5) is 0 Å². The molecule has 1 aliphatic carbocycles. The molecule has 0 saturated carbocycles. The van der Waals surface area contributed by atoms with Crippen molar-refractivity contribution >= 4 is 51.8 Å². The number of fused-ring (bicyclic) bond motifs is 2. The Labute approximate surface area is 435 Å². The molecule has 2 aromatic carbocycles. The van der Waals surface area contributed by atoms with Crippen LogP contribution < -0.4 is 10.6 Å². The van der Waals surface area contributed by atoms with E-state index in [0.717, 1.165) is 109 Å². The van der Waals surface area contributed by atoms with Gasteiger partial charge in [-0.25, -0.2) is 0 Å². The van der Waals surface area contributed by atoms with Gasteiger partial charge in [-0.05, 0) is 167 Å². The normalized spacial score (nSPS) is 14.7. The van der Waals surface area contributed by atoms with Crippen molar-refractivity contribution in [3.05, 3.63) is 158 Å². The lowest BCUT2D eigenvalue weighted by Crippen LogP contribution is -2.22.